The summed E-state index contributed by atoms with van der Waals surface area (Å²) in [6.07, 6.45) is 2.05. The van der Waals surface area contributed by atoms with Gasteiger partial charge in [-0.2, -0.15) is 0 Å². The highest BCUT2D eigenvalue weighted by molar-refractivity contribution is 7.80. The van der Waals surface area contributed by atoms with Crippen molar-refractivity contribution in [1.29, 1.82) is 0 Å². The van der Waals surface area contributed by atoms with Gasteiger partial charge in [-0.15, -0.1) is 0 Å². The molecule has 0 saturated carbocycles. The lowest BCUT2D eigenvalue weighted by Gasteiger charge is -2.32. The van der Waals surface area contributed by atoms with E-state index in [-0.39, 0.29) is 0 Å². The second-order valence-corrected chi connectivity index (χ2v) is 7.38. The summed E-state index contributed by atoms with van der Waals surface area (Å²) in [6, 6.07) is 31.6. The highest BCUT2D eigenvalue weighted by atomic mass is 32.1. The number of rotatable bonds is 3. The lowest BCUT2D eigenvalue weighted by atomic mass is 9.88. The van der Waals surface area contributed by atoms with Crippen LogP contribution in [0.3, 0.4) is 0 Å². The molecule has 140 valence electrons. The average Bonchev–Trinajstić information content (AvgIpc) is 2.77. The van der Waals surface area contributed by atoms with Crippen molar-refractivity contribution < 1.29 is 0 Å². The molecule has 1 saturated heterocycles. The lowest BCUT2D eigenvalue weighted by Crippen LogP contribution is -2.39. The Morgan fingerprint density at radius 3 is 1.64 bits per heavy atom. The molecule has 0 unspecified atom stereocenters. The highest BCUT2D eigenvalue weighted by Gasteiger charge is 2.20. The summed E-state index contributed by atoms with van der Waals surface area (Å²) in [4.78, 5) is 2.28. The summed E-state index contributed by atoms with van der Waals surface area (Å²) in [5.41, 5.74) is 6.52. The van der Waals surface area contributed by atoms with Gasteiger partial charge in [0.2, 0.25) is 0 Å². The molecule has 1 fully saturated rings. The molecule has 3 aromatic rings. The van der Waals surface area contributed by atoms with E-state index in [2.05, 4.69) is 70.9 Å². The fraction of sp³-hybridized carbons (Fsp3) is 0.160. The van der Waals surface area contributed by atoms with Gasteiger partial charge in [0, 0.05) is 18.8 Å². The zero-order valence-electron chi connectivity index (χ0n) is 15.8. The van der Waals surface area contributed by atoms with E-state index in [1.807, 2.05) is 30.3 Å². The van der Waals surface area contributed by atoms with Gasteiger partial charge in [-0.1, -0.05) is 84.4 Å². The standard InChI is InChI=1S/C25H24N2S/c28-25(26-23-14-8-3-9-15-23)27-18-16-22(17-19-27)24(20-10-4-1-5-11-20)21-12-6-2-7-13-21/h1-15H,16-19H2,(H,26,28). The molecule has 0 bridgehead atoms. The van der Waals surface area contributed by atoms with E-state index in [0.717, 1.165) is 36.7 Å². The SMILES string of the molecule is S=C(Nc1ccccc1)N1CCC(=C(c2ccccc2)c2ccccc2)CC1. The topological polar surface area (TPSA) is 15.3 Å². The van der Waals surface area contributed by atoms with E-state index in [4.69, 9.17) is 12.2 Å². The monoisotopic (exact) mass is 384 g/mol. The smallest absolute Gasteiger partial charge is 0.173 e. The van der Waals surface area contributed by atoms with Crippen molar-refractivity contribution >= 4 is 28.6 Å². The zero-order chi connectivity index (χ0) is 19.2. The van der Waals surface area contributed by atoms with Crippen LogP contribution in [0.15, 0.2) is 96.6 Å². The number of thiocarbonyl (C=S) groups is 1. The Kier molecular flexibility index (Phi) is 5.83. The molecule has 1 aliphatic heterocycles. The Balaban J connectivity index is 1.54. The van der Waals surface area contributed by atoms with Gasteiger partial charge in [0.25, 0.3) is 0 Å². The van der Waals surface area contributed by atoms with Gasteiger partial charge < -0.3 is 10.2 Å². The van der Waals surface area contributed by atoms with E-state index < -0.39 is 0 Å². The molecule has 1 N–H and O–H groups in total. The molecule has 0 spiro atoms. The van der Waals surface area contributed by atoms with Crippen molar-refractivity contribution in [2.45, 2.75) is 12.8 Å². The molecule has 3 heteroatoms. The average molecular weight is 385 g/mol. The van der Waals surface area contributed by atoms with Crippen LogP contribution in [-0.2, 0) is 0 Å². The van der Waals surface area contributed by atoms with Crippen LogP contribution in [0.5, 0.6) is 0 Å². The number of likely N-dealkylation sites (tertiary alicyclic amines) is 1. The molecular formula is C25H24N2S. The van der Waals surface area contributed by atoms with E-state index >= 15 is 0 Å². The Labute approximate surface area is 172 Å². The number of hydrogen-bond acceptors (Lipinski definition) is 1. The molecule has 28 heavy (non-hydrogen) atoms. The molecular weight excluding hydrogens is 360 g/mol. The Morgan fingerprint density at radius 2 is 1.14 bits per heavy atom. The fourth-order valence-corrected chi connectivity index (χ4v) is 4.04. The van der Waals surface area contributed by atoms with Crippen LogP contribution in [0.1, 0.15) is 24.0 Å². The van der Waals surface area contributed by atoms with Gasteiger partial charge in [-0.3, -0.25) is 0 Å². The summed E-state index contributed by atoms with van der Waals surface area (Å²) in [5, 5.41) is 4.17. The van der Waals surface area contributed by atoms with Crippen LogP contribution < -0.4 is 5.32 Å². The summed E-state index contributed by atoms with van der Waals surface area (Å²) >= 11 is 5.65. The second kappa shape index (κ2) is 8.85. The summed E-state index contributed by atoms with van der Waals surface area (Å²) in [5.74, 6) is 0. The van der Waals surface area contributed by atoms with E-state index in [0.29, 0.717) is 0 Å². The van der Waals surface area contributed by atoms with Crippen LogP contribution in [0.25, 0.3) is 5.57 Å². The molecule has 0 atom stereocenters. The van der Waals surface area contributed by atoms with E-state index in [1.54, 1.807) is 0 Å². The van der Waals surface area contributed by atoms with Crippen molar-refractivity contribution in [3.63, 3.8) is 0 Å². The normalized spacial score (nSPS) is 13.9. The third-order valence-corrected chi connectivity index (χ3v) is 5.52. The summed E-state index contributed by atoms with van der Waals surface area (Å²) in [6.45, 7) is 1.88. The Morgan fingerprint density at radius 1 is 0.679 bits per heavy atom. The fourth-order valence-electron chi connectivity index (χ4n) is 3.74. The maximum absolute atomic E-state index is 5.65. The van der Waals surface area contributed by atoms with E-state index in [9.17, 15) is 0 Å². The third kappa shape index (κ3) is 4.32. The number of hydrogen-bond donors (Lipinski definition) is 1. The third-order valence-electron chi connectivity index (χ3n) is 5.16. The zero-order valence-corrected chi connectivity index (χ0v) is 16.7. The number of anilines is 1. The molecule has 4 rings (SSSR count). The quantitative estimate of drug-likeness (QED) is 0.559. The number of nitrogens with one attached hydrogen (secondary N) is 1. The molecule has 3 aromatic carbocycles. The van der Waals surface area contributed by atoms with Crippen LogP contribution in [-0.4, -0.2) is 23.1 Å². The van der Waals surface area contributed by atoms with Gasteiger partial charge in [0.15, 0.2) is 5.11 Å². The predicted octanol–water partition coefficient (Wildman–Crippen LogP) is 5.98. The van der Waals surface area contributed by atoms with Crippen molar-refractivity contribution in [2.24, 2.45) is 0 Å². The van der Waals surface area contributed by atoms with Gasteiger partial charge in [-0.25, -0.2) is 0 Å². The van der Waals surface area contributed by atoms with Crippen LogP contribution in [0.4, 0.5) is 5.69 Å². The number of piperidine rings is 1. The number of benzene rings is 3. The van der Waals surface area contributed by atoms with Crippen molar-refractivity contribution in [1.82, 2.24) is 4.90 Å². The molecule has 0 aromatic heterocycles. The minimum absolute atomic E-state index is 0.811. The molecule has 0 aliphatic carbocycles. The minimum atomic E-state index is 0.811. The van der Waals surface area contributed by atoms with Gasteiger partial charge in [0.05, 0.1) is 0 Å². The minimum Gasteiger partial charge on any atom is -0.348 e. The number of para-hydroxylation sites is 1. The molecule has 1 aliphatic rings. The Bertz CT molecular complexity index is 898. The second-order valence-electron chi connectivity index (χ2n) is 6.99. The van der Waals surface area contributed by atoms with Gasteiger partial charge in [-0.05, 0) is 53.9 Å². The molecule has 1 heterocycles. The lowest BCUT2D eigenvalue weighted by molar-refractivity contribution is 0.394. The molecule has 2 nitrogen and oxygen atoms in total. The first-order chi connectivity index (χ1) is 13.8. The molecule has 0 radical (unpaired) electrons. The van der Waals surface area contributed by atoms with Crippen LogP contribution in [0, 0.1) is 0 Å². The van der Waals surface area contributed by atoms with Crippen molar-refractivity contribution in [3.05, 3.63) is 108 Å². The van der Waals surface area contributed by atoms with Crippen molar-refractivity contribution in [2.75, 3.05) is 18.4 Å². The Hall–Kier alpha value is -2.91. The summed E-state index contributed by atoms with van der Waals surface area (Å²) in [7, 11) is 0. The first kappa shape index (κ1) is 18.5. The van der Waals surface area contributed by atoms with E-state index in [1.165, 1.54) is 22.3 Å². The van der Waals surface area contributed by atoms with Gasteiger partial charge in [0.1, 0.15) is 0 Å². The predicted molar refractivity (Wildman–Crippen MR) is 122 cm³/mol. The maximum atomic E-state index is 5.65. The maximum Gasteiger partial charge on any atom is 0.173 e. The largest absolute Gasteiger partial charge is 0.348 e. The highest BCUT2D eigenvalue weighted by Crippen LogP contribution is 2.32. The van der Waals surface area contributed by atoms with Crippen molar-refractivity contribution in [3.8, 4) is 0 Å². The van der Waals surface area contributed by atoms with Crippen LogP contribution >= 0.6 is 12.2 Å². The first-order valence-corrected chi connectivity index (χ1v) is 10.2. The van der Waals surface area contributed by atoms with Crippen LogP contribution in [0.2, 0.25) is 0 Å². The first-order valence-electron chi connectivity index (χ1n) is 9.75. The molecule has 0 amide bonds. The number of nitrogens with zero attached hydrogens (tertiary/aromatic N) is 1. The summed E-state index contributed by atoms with van der Waals surface area (Å²) < 4.78 is 0. The van der Waals surface area contributed by atoms with Gasteiger partial charge >= 0.3 is 0 Å².